The van der Waals surface area contributed by atoms with E-state index < -0.39 is 11.5 Å². The molecule has 1 aromatic heterocycles. The number of hydrogen-bond acceptors (Lipinski definition) is 3. The fourth-order valence-corrected chi connectivity index (χ4v) is 1.46. The molecule has 0 fully saturated rings. The number of aromatic nitrogens is 1. The summed E-state index contributed by atoms with van der Waals surface area (Å²) >= 11 is 5.79. The minimum absolute atomic E-state index is 0.275. The van der Waals surface area contributed by atoms with Gasteiger partial charge in [0.15, 0.2) is 0 Å². The number of carbonyl (C=O) groups excluding carboxylic acids is 1. The van der Waals surface area contributed by atoms with E-state index in [0.717, 1.165) is 0 Å². The number of ether oxygens (including phenoxy) is 1. The van der Waals surface area contributed by atoms with Crippen molar-refractivity contribution in [1.29, 1.82) is 0 Å². The molecule has 0 saturated heterocycles. The van der Waals surface area contributed by atoms with Crippen molar-refractivity contribution >= 4 is 17.6 Å². The molecular formula is C11H14ClNO3. The Labute approximate surface area is 98.8 Å². The minimum atomic E-state index is -1.06. The van der Waals surface area contributed by atoms with E-state index in [4.69, 9.17) is 16.3 Å². The number of esters is 1. The first kappa shape index (κ1) is 12.8. The van der Waals surface area contributed by atoms with Crippen LogP contribution in [0.15, 0.2) is 23.1 Å². The van der Waals surface area contributed by atoms with E-state index in [1.807, 2.05) is 0 Å². The molecule has 0 amide bonds. The average molecular weight is 244 g/mol. The first-order chi connectivity index (χ1) is 7.39. The van der Waals surface area contributed by atoms with Gasteiger partial charge in [0.05, 0.1) is 11.6 Å². The van der Waals surface area contributed by atoms with E-state index in [9.17, 15) is 9.59 Å². The molecule has 4 nitrogen and oxygen atoms in total. The molecule has 1 rings (SSSR count). The predicted octanol–water partition coefficient (Wildman–Crippen LogP) is 1.80. The van der Waals surface area contributed by atoms with E-state index in [1.165, 1.54) is 22.9 Å². The molecule has 5 heteroatoms. The Kier molecular flexibility index (Phi) is 3.75. The maximum absolute atomic E-state index is 11.7. The highest BCUT2D eigenvalue weighted by atomic mass is 35.5. The summed E-state index contributed by atoms with van der Waals surface area (Å²) in [5.41, 5.74) is -1.35. The Bertz CT molecular complexity index is 451. The van der Waals surface area contributed by atoms with Gasteiger partial charge in [-0.3, -0.25) is 9.36 Å². The van der Waals surface area contributed by atoms with Crippen molar-refractivity contribution in [2.24, 2.45) is 0 Å². The number of halogens is 1. The standard InChI is InChI=1S/C11H14ClNO3/c1-4-16-10(15)11(2,3)13-7-8(12)5-6-9(13)14/h5-7H,4H2,1-3H3. The average Bonchev–Trinajstić information content (AvgIpc) is 2.22. The lowest BCUT2D eigenvalue weighted by Crippen LogP contribution is -2.43. The van der Waals surface area contributed by atoms with Gasteiger partial charge in [0.25, 0.3) is 5.56 Å². The van der Waals surface area contributed by atoms with Crippen LogP contribution < -0.4 is 5.56 Å². The maximum Gasteiger partial charge on any atom is 0.331 e. The number of hydrogen-bond donors (Lipinski definition) is 0. The summed E-state index contributed by atoms with van der Waals surface area (Å²) in [6, 6.07) is 2.81. The Balaban J connectivity index is 3.20. The molecular weight excluding hydrogens is 230 g/mol. The Hall–Kier alpha value is -1.29. The summed E-state index contributed by atoms with van der Waals surface area (Å²) in [6.45, 7) is 5.22. The van der Waals surface area contributed by atoms with Crippen LogP contribution in [0, 0.1) is 0 Å². The number of nitrogens with zero attached hydrogens (tertiary/aromatic N) is 1. The molecule has 1 heterocycles. The molecule has 1 aromatic rings. The molecule has 0 bridgehead atoms. The van der Waals surface area contributed by atoms with Crippen molar-refractivity contribution in [3.05, 3.63) is 33.7 Å². The van der Waals surface area contributed by atoms with E-state index >= 15 is 0 Å². The quantitative estimate of drug-likeness (QED) is 0.761. The second-order valence-electron chi connectivity index (χ2n) is 3.84. The third kappa shape index (κ3) is 2.44. The second kappa shape index (κ2) is 4.70. The second-order valence-corrected chi connectivity index (χ2v) is 4.27. The highest BCUT2D eigenvalue weighted by Gasteiger charge is 2.32. The van der Waals surface area contributed by atoms with E-state index in [0.29, 0.717) is 5.02 Å². The van der Waals surface area contributed by atoms with Crippen LogP contribution in [0.2, 0.25) is 5.02 Å². The molecule has 0 aliphatic heterocycles. The van der Waals surface area contributed by atoms with Gasteiger partial charge in [-0.2, -0.15) is 0 Å². The van der Waals surface area contributed by atoms with Crippen LogP contribution in [0.5, 0.6) is 0 Å². The Morgan fingerprint density at radius 3 is 2.69 bits per heavy atom. The van der Waals surface area contributed by atoms with Crippen LogP contribution in [0.4, 0.5) is 0 Å². The molecule has 0 saturated carbocycles. The number of pyridine rings is 1. The Morgan fingerprint density at radius 2 is 2.12 bits per heavy atom. The third-order valence-electron chi connectivity index (χ3n) is 2.25. The molecule has 0 unspecified atom stereocenters. The van der Waals surface area contributed by atoms with Gasteiger partial charge >= 0.3 is 5.97 Å². The van der Waals surface area contributed by atoms with Crippen molar-refractivity contribution in [2.45, 2.75) is 26.3 Å². The van der Waals surface area contributed by atoms with Crippen molar-refractivity contribution in [1.82, 2.24) is 4.57 Å². The monoisotopic (exact) mass is 243 g/mol. The molecule has 0 radical (unpaired) electrons. The first-order valence-corrected chi connectivity index (χ1v) is 5.33. The molecule has 0 spiro atoms. The van der Waals surface area contributed by atoms with Gasteiger partial charge in [-0.25, -0.2) is 4.79 Å². The summed E-state index contributed by atoms with van der Waals surface area (Å²) < 4.78 is 6.19. The van der Waals surface area contributed by atoms with Crippen molar-refractivity contribution in [2.75, 3.05) is 6.61 Å². The highest BCUT2D eigenvalue weighted by molar-refractivity contribution is 6.30. The van der Waals surface area contributed by atoms with Crippen LogP contribution in [-0.4, -0.2) is 17.1 Å². The normalized spacial score (nSPS) is 11.2. The highest BCUT2D eigenvalue weighted by Crippen LogP contribution is 2.17. The summed E-state index contributed by atoms with van der Waals surface area (Å²) in [6.07, 6.45) is 1.43. The van der Waals surface area contributed by atoms with Crippen molar-refractivity contribution < 1.29 is 9.53 Å². The summed E-state index contributed by atoms with van der Waals surface area (Å²) in [4.78, 5) is 23.3. The van der Waals surface area contributed by atoms with Gasteiger partial charge in [0.1, 0.15) is 5.54 Å². The van der Waals surface area contributed by atoms with E-state index in [2.05, 4.69) is 0 Å². The number of carbonyl (C=O) groups is 1. The van der Waals surface area contributed by atoms with Gasteiger partial charge in [0, 0.05) is 12.3 Å². The minimum Gasteiger partial charge on any atom is -0.464 e. The zero-order valence-electron chi connectivity index (χ0n) is 9.49. The van der Waals surface area contributed by atoms with Crippen LogP contribution >= 0.6 is 11.6 Å². The van der Waals surface area contributed by atoms with E-state index in [-0.39, 0.29) is 12.2 Å². The van der Waals surface area contributed by atoms with Crippen molar-refractivity contribution in [3.63, 3.8) is 0 Å². The lowest BCUT2D eigenvalue weighted by molar-refractivity contribution is -0.152. The zero-order chi connectivity index (χ0) is 12.3. The lowest BCUT2D eigenvalue weighted by atomic mass is 10.1. The van der Waals surface area contributed by atoms with Gasteiger partial charge < -0.3 is 4.74 Å². The smallest absolute Gasteiger partial charge is 0.331 e. The molecule has 0 N–H and O–H groups in total. The van der Waals surface area contributed by atoms with Gasteiger partial charge in [-0.1, -0.05) is 11.6 Å². The summed E-state index contributed by atoms with van der Waals surface area (Å²) in [5, 5.41) is 0.400. The first-order valence-electron chi connectivity index (χ1n) is 4.95. The van der Waals surface area contributed by atoms with Gasteiger partial charge in [-0.05, 0) is 26.8 Å². The van der Waals surface area contributed by atoms with E-state index in [1.54, 1.807) is 20.8 Å². The van der Waals surface area contributed by atoms with Crippen LogP contribution in [-0.2, 0) is 15.1 Å². The maximum atomic E-state index is 11.7. The summed E-state index contributed by atoms with van der Waals surface area (Å²) in [7, 11) is 0. The molecule has 0 aromatic carbocycles. The molecule has 0 aliphatic rings. The van der Waals surface area contributed by atoms with Crippen LogP contribution in [0.1, 0.15) is 20.8 Å². The zero-order valence-corrected chi connectivity index (χ0v) is 10.2. The fraction of sp³-hybridized carbons (Fsp3) is 0.455. The van der Waals surface area contributed by atoms with Gasteiger partial charge in [-0.15, -0.1) is 0 Å². The molecule has 88 valence electrons. The molecule has 16 heavy (non-hydrogen) atoms. The third-order valence-corrected chi connectivity index (χ3v) is 2.48. The SMILES string of the molecule is CCOC(=O)C(C)(C)n1cc(Cl)ccc1=O. The largest absolute Gasteiger partial charge is 0.464 e. The lowest BCUT2D eigenvalue weighted by Gasteiger charge is -2.25. The Morgan fingerprint density at radius 1 is 1.50 bits per heavy atom. The van der Waals surface area contributed by atoms with Crippen LogP contribution in [0.3, 0.4) is 0 Å². The fourth-order valence-electron chi connectivity index (χ4n) is 1.30. The summed E-state index contributed by atoms with van der Waals surface area (Å²) in [5.74, 6) is -0.459. The predicted molar refractivity (Wildman–Crippen MR) is 61.7 cm³/mol. The molecule has 0 atom stereocenters. The van der Waals surface area contributed by atoms with Crippen LogP contribution in [0.25, 0.3) is 0 Å². The topological polar surface area (TPSA) is 48.3 Å². The van der Waals surface area contributed by atoms with Gasteiger partial charge in [0.2, 0.25) is 0 Å². The molecule has 0 aliphatic carbocycles. The van der Waals surface area contributed by atoms with Crippen molar-refractivity contribution in [3.8, 4) is 0 Å². The number of rotatable bonds is 3.